The topological polar surface area (TPSA) is 83.3 Å². The van der Waals surface area contributed by atoms with E-state index in [0.717, 1.165) is 38.2 Å². The zero-order valence-electron chi connectivity index (χ0n) is 14.3. The summed E-state index contributed by atoms with van der Waals surface area (Å²) in [5, 5.41) is 20.6. The molecule has 0 saturated carbocycles. The minimum Gasteiger partial charge on any atom is -0.392 e. The van der Waals surface area contributed by atoms with Crippen molar-refractivity contribution in [2.75, 3.05) is 19.6 Å². The van der Waals surface area contributed by atoms with Crippen molar-refractivity contribution in [3.63, 3.8) is 0 Å². The van der Waals surface area contributed by atoms with Gasteiger partial charge in [0.05, 0.1) is 19.2 Å². The van der Waals surface area contributed by atoms with E-state index in [9.17, 15) is 9.90 Å². The van der Waals surface area contributed by atoms with E-state index < -0.39 is 0 Å². The third-order valence-corrected chi connectivity index (χ3v) is 4.47. The lowest BCUT2D eigenvalue weighted by Gasteiger charge is -2.29. The van der Waals surface area contributed by atoms with E-state index in [1.807, 2.05) is 27.7 Å². The van der Waals surface area contributed by atoms with Crippen molar-refractivity contribution in [2.24, 2.45) is 0 Å². The van der Waals surface area contributed by atoms with Crippen molar-refractivity contribution >= 4 is 5.91 Å². The average molecular weight is 343 g/mol. The SMILES string of the molecule is O=C(CN1CCCC(O)C1)NCc1nncn1CCc1ccccc1. The highest BCUT2D eigenvalue weighted by molar-refractivity contribution is 5.77. The van der Waals surface area contributed by atoms with E-state index >= 15 is 0 Å². The first-order valence-electron chi connectivity index (χ1n) is 8.78. The zero-order valence-corrected chi connectivity index (χ0v) is 14.3. The van der Waals surface area contributed by atoms with Crippen molar-refractivity contribution < 1.29 is 9.90 Å². The van der Waals surface area contributed by atoms with Gasteiger partial charge in [0.25, 0.3) is 0 Å². The number of likely N-dealkylation sites (tertiary alicyclic amines) is 1. The van der Waals surface area contributed by atoms with Crippen molar-refractivity contribution in [1.29, 1.82) is 0 Å². The molecule has 2 aromatic rings. The third kappa shape index (κ3) is 5.37. The number of aromatic nitrogens is 3. The Kier molecular flexibility index (Phi) is 6.14. The highest BCUT2D eigenvalue weighted by atomic mass is 16.3. The van der Waals surface area contributed by atoms with Gasteiger partial charge < -0.3 is 15.0 Å². The Balaban J connectivity index is 1.45. The van der Waals surface area contributed by atoms with Gasteiger partial charge in [0.15, 0.2) is 5.82 Å². The maximum absolute atomic E-state index is 12.1. The fraction of sp³-hybridized carbons (Fsp3) is 0.500. The number of aliphatic hydroxyl groups is 1. The van der Waals surface area contributed by atoms with Crippen LogP contribution in [0.25, 0.3) is 0 Å². The smallest absolute Gasteiger partial charge is 0.234 e. The number of carbonyl (C=O) groups is 1. The normalized spacial score (nSPS) is 18.2. The van der Waals surface area contributed by atoms with Gasteiger partial charge in [-0.2, -0.15) is 0 Å². The number of piperidine rings is 1. The van der Waals surface area contributed by atoms with E-state index in [1.165, 1.54) is 5.56 Å². The van der Waals surface area contributed by atoms with Gasteiger partial charge >= 0.3 is 0 Å². The van der Waals surface area contributed by atoms with E-state index in [4.69, 9.17) is 0 Å². The van der Waals surface area contributed by atoms with Gasteiger partial charge in [-0.05, 0) is 31.4 Å². The number of aryl methyl sites for hydroxylation is 2. The van der Waals surface area contributed by atoms with Crippen LogP contribution in [0.15, 0.2) is 36.7 Å². The largest absolute Gasteiger partial charge is 0.392 e. The lowest BCUT2D eigenvalue weighted by Crippen LogP contribution is -2.44. The van der Waals surface area contributed by atoms with Crippen LogP contribution < -0.4 is 5.32 Å². The number of nitrogens with one attached hydrogen (secondary N) is 1. The summed E-state index contributed by atoms with van der Waals surface area (Å²) in [6, 6.07) is 10.3. The van der Waals surface area contributed by atoms with Crippen LogP contribution in [-0.4, -0.2) is 56.4 Å². The maximum atomic E-state index is 12.1. The molecule has 0 spiro atoms. The van der Waals surface area contributed by atoms with Crippen molar-refractivity contribution in [3.05, 3.63) is 48.0 Å². The van der Waals surface area contributed by atoms with Crippen molar-refractivity contribution in [2.45, 2.75) is 38.5 Å². The number of hydrogen-bond acceptors (Lipinski definition) is 5. The minimum absolute atomic E-state index is 0.0493. The van der Waals surface area contributed by atoms with Crippen LogP contribution in [0.2, 0.25) is 0 Å². The molecule has 3 rings (SSSR count). The number of aliphatic hydroxyl groups excluding tert-OH is 1. The first-order chi connectivity index (χ1) is 12.2. The van der Waals surface area contributed by atoms with Gasteiger partial charge in [0.1, 0.15) is 6.33 Å². The Morgan fingerprint density at radius 3 is 2.96 bits per heavy atom. The highest BCUT2D eigenvalue weighted by Gasteiger charge is 2.19. The number of β-amino-alcohol motifs (C(OH)–C–C–N with tert-alkyl or cyclic N) is 1. The predicted molar refractivity (Wildman–Crippen MR) is 93.7 cm³/mol. The second kappa shape index (κ2) is 8.73. The van der Waals surface area contributed by atoms with E-state index in [-0.39, 0.29) is 12.0 Å². The lowest BCUT2D eigenvalue weighted by atomic mass is 10.1. The third-order valence-electron chi connectivity index (χ3n) is 4.47. The van der Waals surface area contributed by atoms with Gasteiger partial charge in [-0.3, -0.25) is 9.69 Å². The molecule has 1 fully saturated rings. The molecule has 1 aliphatic rings. The second-order valence-corrected chi connectivity index (χ2v) is 6.48. The molecule has 0 radical (unpaired) electrons. The number of nitrogens with zero attached hydrogens (tertiary/aromatic N) is 4. The quantitative estimate of drug-likeness (QED) is 0.769. The molecule has 1 unspecified atom stereocenters. The maximum Gasteiger partial charge on any atom is 0.234 e. The first-order valence-corrected chi connectivity index (χ1v) is 8.78. The van der Waals surface area contributed by atoms with Crippen LogP contribution >= 0.6 is 0 Å². The molecule has 25 heavy (non-hydrogen) atoms. The monoisotopic (exact) mass is 343 g/mol. The number of carbonyl (C=O) groups excluding carboxylic acids is 1. The minimum atomic E-state index is -0.317. The Labute approximate surface area is 147 Å². The molecule has 0 bridgehead atoms. The molecule has 0 aliphatic carbocycles. The summed E-state index contributed by atoms with van der Waals surface area (Å²) in [5.41, 5.74) is 1.26. The van der Waals surface area contributed by atoms with Gasteiger partial charge in [-0.25, -0.2) is 0 Å². The van der Waals surface area contributed by atoms with Crippen LogP contribution in [-0.2, 0) is 24.3 Å². The summed E-state index contributed by atoms with van der Waals surface area (Å²) < 4.78 is 1.97. The average Bonchev–Trinajstić information content (AvgIpc) is 3.06. The molecule has 1 amide bonds. The van der Waals surface area contributed by atoms with Crippen LogP contribution in [0.3, 0.4) is 0 Å². The zero-order chi connectivity index (χ0) is 17.5. The molecule has 1 aliphatic heterocycles. The van der Waals surface area contributed by atoms with E-state index in [2.05, 4.69) is 27.6 Å². The summed E-state index contributed by atoms with van der Waals surface area (Å²) in [7, 11) is 0. The molecular weight excluding hydrogens is 318 g/mol. The number of rotatable bonds is 7. The Morgan fingerprint density at radius 2 is 2.16 bits per heavy atom. The summed E-state index contributed by atoms with van der Waals surface area (Å²) in [5.74, 6) is 0.703. The van der Waals surface area contributed by atoms with Gasteiger partial charge in [-0.15, -0.1) is 10.2 Å². The molecule has 2 heterocycles. The van der Waals surface area contributed by atoms with Crippen LogP contribution in [0.4, 0.5) is 0 Å². The van der Waals surface area contributed by atoms with Gasteiger partial charge in [0.2, 0.25) is 5.91 Å². The standard InChI is InChI=1S/C18H25N5O2/c24-16-7-4-9-22(12-16)13-18(25)19-11-17-21-20-14-23(17)10-8-15-5-2-1-3-6-15/h1-3,5-6,14,16,24H,4,7-13H2,(H,19,25). The first kappa shape index (κ1) is 17.6. The molecule has 7 nitrogen and oxygen atoms in total. The van der Waals surface area contributed by atoms with Crippen molar-refractivity contribution in [1.82, 2.24) is 25.0 Å². The molecular formula is C18H25N5O2. The molecule has 1 aromatic heterocycles. The van der Waals surface area contributed by atoms with Crippen LogP contribution in [0, 0.1) is 0 Å². The number of hydrogen-bond donors (Lipinski definition) is 2. The number of benzene rings is 1. The molecule has 1 atom stereocenters. The van der Waals surface area contributed by atoms with E-state index in [0.29, 0.717) is 19.6 Å². The Morgan fingerprint density at radius 1 is 1.32 bits per heavy atom. The summed E-state index contributed by atoms with van der Waals surface area (Å²) in [6.07, 6.45) is 4.03. The van der Waals surface area contributed by atoms with Crippen LogP contribution in [0.5, 0.6) is 0 Å². The second-order valence-electron chi connectivity index (χ2n) is 6.48. The van der Waals surface area contributed by atoms with Gasteiger partial charge in [-0.1, -0.05) is 30.3 Å². The summed E-state index contributed by atoms with van der Waals surface area (Å²) in [6.45, 7) is 2.89. The molecule has 1 saturated heterocycles. The molecule has 7 heteroatoms. The summed E-state index contributed by atoms with van der Waals surface area (Å²) in [4.78, 5) is 14.1. The molecule has 1 aromatic carbocycles. The lowest BCUT2D eigenvalue weighted by molar-refractivity contribution is -0.123. The highest BCUT2D eigenvalue weighted by Crippen LogP contribution is 2.09. The fourth-order valence-corrected chi connectivity index (χ4v) is 3.11. The van der Waals surface area contributed by atoms with Gasteiger partial charge in [0, 0.05) is 13.1 Å². The summed E-state index contributed by atoms with van der Waals surface area (Å²) >= 11 is 0. The molecule has 134 valence electrons. The predicted octanol–water partition coefficient (Wildman–Crippen LogP) is 0.594. The van der Waals surface area contributed by atoms with Crippen LogP contribution in [0.1, 0.15) is 24.2 Å². The van der Waals surface area contributed by atoms with E-state index in [1.54, 1.807) is 6.33 Å². The van der Waals surface area contributed by atoms with Crippen molar-refractivity contribution in [3.8, 4) is 0 Å². The molecule has 2 N–H and O–H groups in total. The fourth-order valence-electron chi connectivity index (χ4n) is 3.11. The number of amides is 1. The Bertz CT molecular complexity index is 673. The Hall–Kier alpha value is -2.25.